The Hall–Kier alpha value is -1.47. The van der Waals surface area contributed by atoms with Crippen molar-refractivity contribution in [2.75, 3.05) is 11.6 Å². The molecule has 1 aromatic carbocycles. The van der Waals surface area contributed by atoms with E-state index >= 15 is 0 Å². The van der Waals surface area contributed by atoms with Crippen LogP contribution in [0, 0.1) is 6.92 Å². The molecule has 0 atom stereocenters. The number of sulfone groups is 1. The maximum atomic E-state index is 11.6. The standard InChI is InChI=1S/C15H21N3O2S2/c1-10-8-11(6-7-12(10)22(5,19)20)9-16-14-17-13(18-21-14)15(2,3)4/h6-8H,9H2,1-5H3,(H,16,17,18). The summed E-state index contributed by atoms with van der Waals surface area (Å²) in [6.07, 6.45) is 1.22. The minimum atomic E-state index is -3.17. The lowest BCUT2D eigenvalue weighted by Crippen LogP contribution is -2.13. The minimum absolute atomic E-state index is 0.0653. The van der Waals surface area contributed by atoms with Crippen molar-refractivity contribution in [3.8, 4) is 0 Å². The zero-order valence-corrected chi connectivity index (χ0v) is 15.1. The van der Waals surface area contributed by atoms with E-state index in [9.17, 15) is 8.42 Å². The predicted octanol–water partition coefficient (Wildman–Crippen LogP) is 3.16. The van der Waals surface area contributed by atoms with Crippen LogP contribution in [-0.4, -0.2) is 24.0 Å². The van der Waals surface area contributed by atoms with Gasteiger partial charge in [0.25, 0.3) is 0 Å². The fourth-order valence-corrected chi connectivity index (χ4v) is 3.73. The molecule has 120 valence electrons. The van der Waals surface area contributed by atoms with Gasteiger partial charge in [-0.2, -0.15) is 4.37 Å². The van der Waals surface area contributed by atoms with Crippen LogP contribution < -0.4 is 5.32 Å². The van der Waals surface area contributed by atoms with Gasteiger partial charge in [-0.25, -0.2) is 13.4 Å². The number of nitrogens with zero attached hydrogens (tertiary/aromatic N) is 2. The highest BCUT2D eigenvalue weighted by Gasteiger charge is 2.19. The Labute approximate surface area is 135 Å². The average molecular weight is 339 g/mol. The molecule has 22 heavy (non-hydrogen) atoms. The number of nitrogens with one attached hydrogen (secondary N) is 1. The molecule has 2 rings (SSSR count). The molecule has 0 saturated heterocycles. The summed E-state index contributed by atoms with van der Waals surface area (Å²) in [4.78, 5) is 4.85. The van der Waals surface area contributed by atoms with Crippen molar-refractivity contribution < 1.29 is 8.42 Å². The largest absolute Gasteiger partial charge is 0.356 e. The molecule has 2 aromatic rings. The van der Waals surface area contributed by atoms with Crippen molar-refractivity contribution in [3.63, 3.8) is 0 Å². The summed E-state index contributed by atoms with van der Waals surface area (Å²) in [7, 11) is -3.17. The van der Waals surface area contributed by atoms with E-state index in [0.717, 1.165) is 22.1 Å². The minimum Gasteiger partial charge on any atom is -0.356 e. The zero-order valence-electron chi connectivity index (χ0n) is 13.5. The predicted molar refractivity (Wildman–Crippen MR) is 90.2 cm³/mol. The normalized spacial score (nSPS) is 12.4. The summed E-state index contributed by atoms with van der Waals surface area (Å²) in [5.74, 6) is 0.823. The van der Waals surface area contributed by atoms with E-state index in [1.807, 2.05) is 19.1 Å². The van der Waals surface area contributed by atoms with E-state index in [1.54, 1.807) is 6.07 Å². The third-order valence-electron chi connectivity index (χ3n) is 3.18. The van der Waals surface area contributed by atoms with Gasteiger partial charge in [0, 0.05) is 29.7 Å². The van der Waals surface area contributed by atoms with Crippen LogP contribution in [0.1, 0.15) is 37.7 Å². The van der Waals surface area contributed by atoms with Crippen molar-refractivity contribution in [2.45, 2.75) is 44.6 Å². The lowest BCUT2D eigenvalue weighted by molar-refractivity contribution is 0.555. The summed E-state index contributed by atoms with van der Waals surface area (Å²) in [5.41, 5.74) is 1.70. The van der Waals surface area contributed by atoms with Gasteiger partial charge in [-0.1, -0.05) is 32.9 Å². The molecular formula is C15H21N3O2S2. The third-order valence-corrected chi connectivity index (χ3v) is 5.11. The van der Waals surface area contributed by atoms with Gasteiger partial charge in [0.05, 0.1) is 4.90 Å². The van der Waals surface area contributed by atoms with Crippen LogP contribution in [0.2, 0.25) is 0 Å². The molecule has 1 heterocycles. The molecule has 7 heteroatoms. The van der Waals surface area contributed by atoms with Gasteiger partial charge in [-0.05, 0) is 24.1 Å². The Morgan fingerprint density at radius 3 is 2.45 bits per heavy atom. The first-order valence-corrected chi connectivity index (χ1v) is 9.61. The first-order valence-electron chi connectivity index (χ1n) is 6.95. The molecule has 1 N–H and O–H groups in total. The SMILES string of the molecule is Cc1cc(CNc2nc(C(C)(C)C)ns2)ccc1S(C)(=O)=O. The molecule has 0 saturated carbocycles. The molecule has 5 nitrogen and oxygen atoms in total. The number of benzene rings is 1. The lowest BCUT2D eigenvalue weighted by Gasteiger charge is -2.12. The van der Waals surface area contributed by atoms with Gasteiger partial charge in [0.1, 0.15) is 5.82 Å². The summed E-state index contributed by atoms with van der Waals surface area (Å²) in [6, 6.07) is 5.36. The Balaban J connectivity index is 2.09. The third kappa shape index (κ3) is 4.04. The Morgan fingerprint density at radius 1 is 1.27 bits per heavy atom. The van der Waals surface area contributed by atoms with Crippen LogP contribution in [0.25, 0.3) is 0 Å². The molecular weight excluding hydrogens is 318 g/mol. The van der Waals surface area contributed by atoms with Gasteiger partial charge in [-0.15, -0.1) is 0 Å². The quantitative estimate of drug-likeness (QED) is 0.926. The topological polar surface area (TPSA) is 72.0 Å². The van der Waals surface area contributed by atoms with E-state index < -0.39 is 9.84 Å². The van der Waals surface area contributed by atoms with Gasteiger partial charge < -0.3 is 5.32 Å². The number of anilines is 1. The van der Waals surface area contributed by atoms with Crippen molar-refractivity contribution in [2.24, 2.45) is 0 Å². The highest BCUT2D eigenvalue weighted by atomic mass is 32.2. The van der Waals surface area contributed by atoms with Crippen LogP contribution in [0.3, 0.4) is 0 Å². The summed E-state index contributed by atoms with van der Waals surface area (Å²) >= 11 is 1.34. The number of aryl methyl sites for hydroxylation is 1. The van der Waals surface area contributed by atoms with Crippen LogP contribution in [0.15, 0.2) is 23.1 Å². The second-order valence-corrected chi connectivity index (χ2v) is 9.13. The molecule has 0 spiro atoms. The van der Waals surface area contributed by atoms with Crippen LogP contribution >= 0.6 is 11.5 Å². The van der Waals surface area contributed by atoms with Gasteiger partial charge >= 0.3 is 0 Å². The number of hydrogen-bond acceptors (Lipinski definition) is 6. The molecule has 0 amide bonds. The Kier molecular flexibility index (Phi) is 4.58. The first-order chi connectivity index (χ1) is 10.1. The van der Waals surface area contributed by atoms with E-state index in [-0.39, 0.29) is 5.41 Å². The molecule has 0 aliphatic carbocycles. The fourth-order valence-electron chi connectivity index (χ4n) is 2.02. The van der Waals surface area contributed by atoms with E-state index in [0.29, 0.717) is 11.4 Å². The average Bonchev–Trinajstić information content (AvgIpc) is 2.83. The smallest absolute Gasteiger partial charge is 0.202 e. The lowest BCUT2D eigenvalue weighted by atomic mass is 9.96. The van der Waals surface area contributed by atoms with E-state index in [1.165, 1.54) is 17.8 Å². The van der Waals surface area contributed by atoms with Gasteiger partial charge in [0.2, 0.25) is 5.13 Å². The number of rotatable bonds is 4. The summed E-state index contributed by atoms with van der Waals surface area (Å²) in [6.45, 7) is 8.62. The van der Waals surface area contributed by atoms with Crippen molar-refractivity contribution in [1.82, 2.24) is 9.36 Å². The van der Waals surface area contributed by atoms with Crippen LogP contribution in [0.5, 0.6) is 0 Å². The number of aromatic nitrogens is 2. The monoisotopic (exact) mass is 339 g/mol. The van der Waals surface area contributed by atoms with Gasteiger partial charge in [0.15, 0.2) is 9.84 Å². The molecule has 0 aliphatic heterocycles. The van der Waals surface area contributed by atoms with E-state index in [4.69, 9.17) is 0 Å². The molecule has 0 bridgehead atoms. The second-order valence-electron chi connectivity index (χ2n) is 6.40. The highest BCUT2D eigenvalue weighted by molar-refractivity contribution is 7.90. The van der Waals surface area contributed by atoms with Crippen molar-refractivity contribution >= 4 is 26.5 Å². The number of hydrogen-bond donors (Lipinski definition) is 1. The maximum Gasteiger partial charge on any atom is 0.202 e. The molecule has 0 fully saturated rings. The molecule has 0 aliphatic rings. The Bertz CT molecular complexity index is 774. The van der Waals surface area contributed by atoms with Gasteiger partial charge in [-0.3, -0.25) is 0 Å². The van der Waals surface area contributed by atoms with Crippen LogP contribution in [0.4, 0.5) is 5.13 Å². The highest BCUT2D eigenvalue weighted by Crippen LogP contribution is 2.23. The molecule has 1 aromatic heterocycles. The fraction of sp³-hybridized carbons (Fsp3) is 0.467. The second kappa shape index (κ2) is 5.96. The maximum absolute atomic E-state index is 11.6. The first kappa shape index (κ1) is 16.9. The van der Waals surface area contributed by atoms with Crippen molar-refractivity contribution in [3.05, 3.63) is 35.2 Å². The van der Waals surface area contributed by atoms with Crippen molar-refractivity contribution in [1.29, 1.82) is 0 Å². The zero-order chi connectivity index (χ0) is 16.5. The summed E-state index contributed by atoms with van der Waals surface area (Å²) < 4.78 is 27.6. The summed E-state index contributed by atoms with van der Waals surface area (Å²) in [5, 5.41) is 4.01. The van der Waals surface area contributed by atoms with E-state index in [2.05, 4.69) is 35.4 Å². The molecule has 0 unspecified atom stereocenters. The van der Waals surface area contributed by atoms with Crippen LogP contribution in [-0.2, 0) is 21.8 Å². The Morgan fingerprint density at radius 2 is 1.95 bits per heavy atom. The molecule has 0 radical (unpaired) electrons.